The third kappa shape index (κ3) is 3.52. The summed E-state index contributed by atoms with van der Waals surface area (Å²) in [6.45, 7) is 6.89. The number of ether oxygens (including phenoxy) is 1. The largest absolute Gasteiger partial charge is 0.491 e. The van der Waals surface area contributed by atoms with Crippen LogP contribution in [0.3, 0.4) is 0 Å². The molecule has 1 aliphatic heterocycles. The molecule has 1 amide bonds. The lowest BCUT2D eigenvalue weighted by atomic mass is 9.99. The molecule has 4 rings (SSSR count). The molecule has 3 heterocycles. The molecule has 0 spiro atoms. The average molecular weight is 364 g/mol. The molecular weight excluding hydrogens is 340 g/mol. The number of benzene rings is 1. The molecule has 1 aromatic carbocycles. The van der Waals surface area contributed by atoms with E-state index in [2.05, 4.69) is 22.1 Å². The Labute approximate surface area is 158 Å². The molecule has 0 aliphatic carbocycles. The number of anilines is 1. The SMILES string of the molecule is CC1CCC(=O)N(c2cc(-c3n[nH]c4ccc(OC(C)C)cc34)ccn2)C1. The van der Waals surface area contributed by atoms with Crippen LogP contribution in [0.4, 0.5) is 5.82 Å². The normalized spacial score (nSPS) is 17.7. The maximum Gasteiger partial charge on any atom is 0.228 e. The number of carbonyl (C=O) groups is 1. The van der Waals surface area contributed by atoms with Crippen molar-refractivity contribution in [2.75, 3.05) is 11.4 Å². The quantitative estimate of drug-likeness (QED) is 0.754. The van der Waals surface area contributed by atoms with Gasteiger partial charge in [0, 0.05) is 30.1 Å². The van der Waals surface area contributed by atoms with E-state index in [1.807, 2.05) is 44.2 Å². The van der Waals surface area contributed by atoms with Crippen molar-refractivity contribution >= 4 is 22.6 Å². The third-order valence-corrected chi connectivity index (χ3v) is 4.85. The van der Waals surface area contributed by atoms with Gasteiger partial charge in [-0.25, -0.2) is 4.98 Å². The van der Waals surface area contributed by atoms with E-state index in [1.165, 1.54) is 0 Å². The number of H-pyrrole nitrogens is 1. The molecule has 1 N–H and O–H groups in total. The number of hydrogen-bond donors (Lipinski definition) is 1. The van der Waals surface area contributed by atoms with Gasteiger partial charge in [0.25, 0.3) is 0 Å². The van der Waals surface area contributed by atoms with Crippen molar-refractivity contribution < 1.29 is 9.53 Å². The Morgan fingerprint density at radius 3 is 2.93 bits per heavy atom. The zero-order valence-corrected chi connectivity index (χ0v) is 15.9. The van der Waals surface area contributed by atoms with E-state index in [0.717, 1.165) is 34.3 Å². The molecule has 0 saturated carbocycles. The van der Waals surface area contributed by atoms with Crippen LogP contribution in [0.15, 0.2) is 36.5 Å². The van der Waals surface area contributed by atoms with E-state index in [9.17, 15) is 4.79 Å². The van der Waals surface area contributed by atoms with Crippen LogP contribution in [0.5, 0.6) is 5.75 Å². The zero-order chi connectivity index (χ0) is 19.0. The topological polar surface area (TPSA) is 71.1 Å². The van der Waals surface area contributed by atoms with Crippen molar-refractivity contribution in [3.63, 3.8) is 0 Å². The number of nitrogens with zero attached hydrogens (tertiary/aromatic N) is 3. The van der Waals surface area contributed by atoms with Crippen molar-refractivity contribution in [2.24, 2.45) is 5.92 Å². The summed E-state index contributed by atoms with van der Waals surface area (Å²) in [4.78, 5) is 18.6. The Bertz CT molecular complexity index is 979. The van der Waals surface area contributed by atoms with Gasteiger partial charge in [0.15, 0.2) is 0 Å². The minimum absolute atomic E-state index is 0.109. The van der Waals surface area contributed by atoms with Crippen LogP contribution in [0.1, 0.15) is 33.6 Å². The molecule has 27 heavy (non-hydrogen) atoms. The number of aromatic amines is 1. The fourth-order valence-electron chi connectivity index (χ4n) is 3.50. The lowest BCUT2D eigenvalue weighted by Crippen LogP contribution is -2.39. The van der Waals surface area contributed by atoms with E-state index < -0.39 is 0 Å². The number of hydrogen-bond acceptors (Lipinski definition) is 4. The summed E-state index contributed by atoms with van der Waals surface area (Å²) in [5.74, 6) is 2.12. The van der Waals surface area contributed by atoms with Gasteiger partial charge in [-0.2, -0.15) is 5.10 Å². The highest BCUT2D eigenvalue weighted by Crippen LogP contribution is 2.32. The van der Waals surface area contributed by atoms with Crippen LogP contribution < -0.4 is 9.64 Å². The Balaban J connectivity index is 1.72. The van der Waals surface area contributed by atoms with Crippen molar-refractivity contribution in [1.82, 2.24) is 15.2 Å². The van der Waals surface area contributed by atoms with Crippen molar-refractivity contribution in [2.45, 2.75) is 39.7 Å². The first-order valence-electron chi connectivity index (χ1n) is 9.43. The van der Waals surface area contributed by atoms with Crippen molar-refractivity contribution in [3.05, 3.63) is 36.5 Å². The standard InChI is InChI=1S/C21H24N4O2/c1-13(2)27-16-5-6-18-17(11-16)21(24-23-18)15-8-9-22-19(10-15)25-12-14(3)4-7-20(25)26/h5-6,8-11,13-14H,4,7,12H2,1-3H3,(H,23,24). The Morgan fingerprint density at radius 2 is 2.11 bits per heavy atom. The van der Waals surface area contributed by atoms with Gasteiger partial charge in [0.05, 0.1) is 11.6 Å². The van der Waals surface area contributed by atoms with Gasteiger partial charge in [-0.3, -0.25) is 14.8 Å². The smallest absolute Gasteiger partial charge is 0.228 e. The van der Waals surface area contributed by atoms with Gasteiger partial charge in [0.2, 0.25) is 5.91 Å². The minimum atomic E-state index is 0.109. The molecule has 2 aromatic heterocycles. The number of aromatic nitrogens is 3. The van der Waals surface area contributed by atoms with Crippen LogP contribution in [0.25, 0.3) is 22.2 Å². The monoisotopic (exact) mass is 364 g/mol. The number of piperidine rings is 1. The summed E-state index contributed by atoms with van der Waals surface area (Å²) >= 11 is 0. The predicted molar refractivity (Wildman–Crippen MR) is 106 cm³/mol. The molecule has 6 heteroatoms. The summed E-state index contributed by atoms with van der Waals surface area (Å²) in [7, 11) is 0. The first-order chi connectivity index (χ1) is 13.0. The number of pyridine rings is 1. The second-order valence-electron chi connectivity index (χ2n) is 7.50. The molecule has 1 aliphatic rings. The molecule has 140 valence electrons. The van der Waals surface area contributed by atoms with Gasteiger partial charge < -0.3 is 4.74 Å². The summed E-state index contributed by atoms with van der Waals surface area (Å²) in [6.07, 6.45) is 3.37. The highest BCUT2D eigenvalue weighted by molar-refractivity contribution is 5.96. The lowest BCUT2D eigenvalue weighted by Gasteiger charge is -2.30. The molecule has 6 nitrogen and oxygen atoms in total. The number of carbonyl (C=O) groups excluding carboxylic acids is 1. The van der Waals surface area contributed by atoms with E-state index in [-0.39, 0.29) is 12.0 Å². The Hall–Kier alpha value is -2.89. The summed E-state index contributed by atoms with van der Waals surface area (Å²) in [5.41, 5.74) is 2.71. The number of rotatable bonds is 4. The van der Waals surface area contributed by atoms with Gasteiger partial charge >= 0.3 is 0 Å². The Kier molecular flexibility index (Phi) is 4.56. The minimum Gasteiger partial charge on any atom is -0.491 e. The fourth-order valence-corrected chi connectivity index (χ4v) is 3.50. The molecule has 3 aromatic rings. The second-order valence-corrected chi connectivity index (χ2v) is 7.50. The van der Waals surface area contributed by atoms with E-state index in [4.69, 9.17) is 4.74 Å². The van der Waals surface area contributed by atoms with Crippen LogP contribution >= 0.6 is 0 Å². The van der Waals surface area contributed by atoms with E-state index in [0.29, 0.717) is 24.7 Å². The highest BCUT2D eigenvalue weighted by atomic mass is 16.5. The first-order valence-corrected chi connectivity index (χ1v) is 9.43. The van der Waals surface area contributed by atoms with Crippen LogP contribution in [0, 0.1) is 5.92 Å². The highest BCUT2D eigenvalue weighted by Gasteiger charge is 2.25. The van der Waals surface area contributed by atoms with Gasteiger partial charge in [0.1, 0.15) is 17.3 Å². The lowest BCUT2D eigenvalue weighted by molar-refractivity contribution is -0.120. The van der Waals surface area contributed by atoms with Crippen molar-refractivity contribution in [1.29, 1.82) is 0 Å². The molecule has 1 atom stereocenters. The number of fused-ring (bicyclic) bond motifs is 1. The summed E-state index contributed by atoms with van der Waals surface area (Å²) < 4.78 is 5.82. The fraction of sp³-hybridized carbons (Fsp3) is 0.381. The van der Waals surface area contributed by atoms with E-state index >= 15 is 0 Å². The van der Waals surface area contributed by atoms with Crippen LogP contribution in [-0.4, -0.2) is 33.7 Å². The molecule has 0 radical (unpaired) electrons. The maximum absolute atomic E-state index is 12.3. The van der Waals surface area contributed by atoms with Gasteiger partial charge in [-0.05, 0) is 56.5 Å². The second kappa shape index (κ2) is 7.02. The number of nitrogens with one attached hydrogen (secondary N) is 1. The zero-order valence-electron chi connectivity index (χ0n) is 15.9. The van der Waals surface area contributed by atoms with Crippen LogP contribution in [-0.2, 0) is 4.79 Å². The number of amides is 1. The maximum atomic E-state index is 12.3. The molecular formula is C21H24N4O2. The van der Waals surface area contributed by atoms with E-state index in [1.54, 1.807) is 11.1 Å². The summed E-state index contributed by atoms with van der Waals surface area (Å²) in [5, 5.41) is 8.56. The molecule has 0 bridgehead atoms. The van der Waals surface area contributed by atoms with Crippen molar-refractivity contribution in [3.8, 4) is 17.0 Å². The predicted octanol–water partition coefficient (Wildman–Crippen LogP) is 4.18. The molecule has 1 unspecified atom stereocenters. The van der Waals surface area contributed by atoms with Crippen LogP contribution in [0.2, 0.25) is 0 Å². The van der Waals surface area contributed by atoms with Gasteiger partial charge in [-0.1, -0.05) is 6.92 Å². The third-order valence-electron chi connectivity index (χ3n) is 4.85. The average Bonchev–Trinajstić information content (AvgIpc) is 3.06. The molecule has 1 fully saturated rings. The first kappa shape index (κ1) is 17.5. The molecule has 1 saturated heterocycles. The Morgan fingerprint density at radius 1 is 1.26 bits per heavy atom. The summed E-state index contributed by atoms with van der Waals surface area (Å²) in [6, 6.07) is 9.79. The van der Waals surface area contributed by atoms with Gasteiger partial charge in [-0.15, -0.1) is 0 Å².